The highest BCUT2D eigenvalue weighted by Crippen LogP contribution is 2.31. The van der Waals surface area contributed by atoms with E-state index < -0.39 is 0 Å². The maximum Gasteiger partial charge on any atom is 0.158 e. The Labute approximate surface area is 128 Å². The van der Waals surface area contributed by atoms with E-state index in [0.29, 0.717) is 16.6 Å². The van der Waals surface area contributed by atoms with Crippen LogP contribution in [0.1, 0.15) is 19.6 Å². The van der Waals surface area contributed by atoms with Gasteiger partial charge in [0.1, 0.15) is 17.8 Å². The van der Waals surface area contributed by atoms with E-state index in [2.05, 4.69) is 0 Å². The number of hydrogen-bond acceptors (Lipinski definition) is 2. The van der Waals surface area contributed by atoms with Crippen LogP contribution >= 0.6 is 23.2 Å². The maximum absolute atomic E-state index is 9.23. The second-order valence-corrected chi connectivity index (χ2v) is 6.29. The molecule has 2 rings (SSSR count). The first-order valence-corrected chi connectivity index (χ1v) is 7.16. The molecule has 20 heavy (non-hydrogen) atoms. The minimum atomic E-state index is -0.217. The summed E-state index contributed by atoms with van der Waals surface area (Å²) < 4.78 is 5.79. The third kappa shape index (κ3) is 3.76. The Balaban J connectivity index is 2.13. The monoisotopic (exact) mass is 314 g/mol. The van der Waals surface area contributed by atoms with Gasteiger partial charge in [0, 0.05) is 10.6 Å². The zero-order valence-electron chi connectivity index (χ0n) is 11.5. The van der Waals surface area contributed by atoms with Crippen LogP contribution in [0.3, 0.4) is 0 Å². The van der Waals surface area contributed by atoms with Crippen molar-refractivity contribution in [2.45, 2.75) is 25.9 Å². The van der Waals surface area contributed by atoms with Crippen LogP contribution in [0.2, 0.25) is 10.0 Å². The van der Waals surface area contributed by atoms with E-state index >= 15 is 0 Å². The molecular weight excluding hydrogens is 297 g/mol. The number of benzene rings is 1. The quantitative estimate of drug-likeness (QED) is 0.891. The average molecular weight is 315 g/mol. The molecule has 5 heteroatoms. The lowest BCUT2D eigenvalue weighted by atomic mass is 10.1. The lowest BCUT2D eigenvalue weighted by Crippen LogP contribution is -2.95. The van der Waals surface area contributed by atoms with Crippen molar-refractivity contribution in [3.8, 4) is 11.3 Å². The molecule has 0 fully saturated rings. The molecule has 3 nitrogen and oxygen atoms in total. The molecule has 0 aliphatic rings. The predicted octanol–water partition coefficient (Wildman–Crippen LogP) is 3.09. The second kappa shape index (κ2) is 6.19. The smallest absolute Gasteiger partial charge is 0.158 e. The minimum absolute atomic E-state index is 0.115. The van der Waals surface area contributed by atoms with Gasteiger partial charge < -0.3 is 14.8 Å². The lowest BCUT2D eigenvalue weighted by Gasteiger charge is -2.18. The summed E-state index contributed by atoms with van der Waals surface area (Å²) in [5.41, 5.74) is 0.606. The van der Waals surface area contributed by atoms with Crippen LogP contribution in [0.25, 0.3) is 11.3 Å². The summed E-state index contributed by atoms with van der Waals surface area (Å²) in [6.45, 7) is 4.74. The van der Waals surface area contributed by atoms with Crippen molar-refractivity contribution >= 4 is 23.2 Å². The Kier molecular flexibility index (Phi) is 4.76. The maximum atomic E-state index is 9.23. The third-order valence-corrected chi connectivity index (χ3v) is 3.67. The number of furan rings is 1. The first-order chi connectivity index (χ1) is 9.41. The molecule has 1 aromatic heterocycles. The fraction of sp³-hybridized carbons (Fsp3) is 0.333. The van der Waals surface area contributed by atoms with Crippen LogP contribution in [0.15, 0.2) is 34.7 Å². The summed E-state index contributed by atoms with van der Waals surface area (Å²) in [5, 5.41) is 12.4. The van der Waals surface area contributed by atoms with Crippen molar-refractivity contribution in [3.63, 3.8) is 0 Å². The zero-order valence-corrected chi connectivity index (χ0v) is 13.0. The van der Waals surface area contributed by atoms with Crippen LogP contribution in [0, 0.1) is 0 Å². The first kappa shape index (κ1) is 15.4. The Morgan fingerprint density at radius 2 is 1.95 bits per heavy atom. The van der Waals surface area contributed by atoms with Gasteiger partial charge in [0.2, 0.25) is 0 Å². The summed E-state index contributed by atoms with van der Waals surface area (Å²) in [6.07, 6.45) is 0. The van der Waals surface area contributed by atoms with E-state index in [0.717, 1.165) is 17.1 Å². The average Bonchev–Trinajstić information content (AvgIpc) is 2.85. The molecule has 0 amide bonds. The lowest BCUT2D eigenvalue weighted by molar-refractivity contribution is -0.738. The summed E-state index contributed by atoms with van der Waals surface area (Å²) in [4.78, 5) is 0. The molecule has 0 unspecified atom stereocenters. The highest BCUT2D eigenvalue weighted by Gasteiger charge is 2.20. The number of nitrogens with two attached hydrogens (primary N) is 1. The van der Waals surface area contributed by atoms with Gasteiger partial charge >= 0.3 is 0 Å². The Bertz CT molecular complexity index is 593. The van der Waals surface area contributed by atoms with E-state index in [4.69, 9.17) is 27.6 Å². The molecule has 0 aliphatic heterocycles. The van der Waals surface area contributed by atoms with Gasteiger partial charge in [-0.25, -0.2) is 0 Å². The number of quaternary nitrogens is 1. The van der Waals surface area contributed by atoms with Crippen molar-refractivity contribution in [3.05, 3.63) is 46.1 Å². The molecule has 108 valence electrons. The Hall–Kier alpha value is -1.00. The van der Waals surface area contributed by atoms with Crippen LogP contribution in [-0.2, 0) is 6.54 Å². The minimum Gasteiger partial charge on any atom is -0.455 e. The molecule has 1 aromatic carbocycles. The number of rotatable bonds is 5. The first-order valence-electron chi connectivity index (χ1n) is 6.41. The topological polar surface area (TPSA) is 50.0 Å². The van der Waals surface area contributed by atoms with Gasteiger partial charge in [-0.1, -0.05) is 23.2 Å². The Morgan fingerprint density at radius 3 is 2.60 bits per heavy atom. The summed E-state index contributed by atoms with van der Waals surface area (Å²) in [6, 6.07) is 9.14. The van der Waals surface area contributed by atoms with Gasteiger partial charge in [-0.05, 0) is 44.2 Å². The standard InChI is InChI=1S/C15H17Cl2NO2/c1-15(2,9-19)18-8-11-4-6-14(20-11)12-5-3-10(16)7-13(12)17/h3-7,18-19H,8-9H2,1-2H3/p+1. The molecule has 3 N–H and O–H groups in total. The van der Waals surface area contributed by atoms with Gasteiger partial charge in [0.15, 0.2) is 5.76 Å². The predicted molar refractivity (Wildman–Crippen MR) is 81.0 cm³/mol. The fourth-order valence-electron chi connectivity index (χ4n) is 1.76. The SMILES string of the molecule is CC(C)(CO)[NH2+]Cc1ccc(-c2ccc(Cl)cc2Cl)o1. The molecule has 0 saturated heterocycles. The number of aliphatic hydroxyl groups excluding tert-OH is 1. The zero-order chi connectivity index (χ0) is 14.8. The molecule has 0 spiro atoms. The van der Waals surface area contributed by atoms with Crippen LogP contribution < -0.4 is 5.32 Å². The number of hydrogen-bond donors (Lipinski definition) is 2. The van der Waals surface area contributed by atoms with Gasteiger partial charge in [0.25, 0.3) is 0 Å². The molecule has 2 aromatic rings. The second-order valence-electron chi connectivity index (χ2n) is 5.45. The molecule has 0 saturated carbocycles. The van der Waals surface area contributed by atoms with E-state index in [-0.39, 0.29) is 12.1 Å². The van der Waals surface area contributed by atoms with Crippen molar-refractivity contribution < 1.29 is 14.8 Å². The summed E-state index contributed by atoms with van der Waals surface area (Å²) >= 11 is 12.0. The number of halogens is 2. The normalized spacial score (nSPS) is 11.8. The molecule has 0 bridgehead atoms. The molecular formula is C15H18Cl2NO2+. The van der Waals surface area contributed by atoms with Gasteiger partial charge in [-0.15, -0.1) is 0 Å². The van der Waals surface area contributed by atoms with E-state index in [1.807, 2.05) is 37.4 Å². The third-order valence-electron chi connectivity index (χ3n) is 3.12. The molecule has 1 heterocycles. The molecule has 0 radical (unpaired) electrons. The van der Waals surface area contributed by atoms with Gasteiger partial charge in [0.05, 0.1) is 11.6 Å². The Morgan fingerprint density at radius 1 is 1.20 bits per heavy atom. The highest BCUT2D eigenvalue weighted by molar-refractivity contribution is 6.36. The van der Waals surface area contributed by atoms with Crippen molar-refractivity contribution in [1.82, 2.24) is 0 Å². The van der Waals surface area contributed by atoms with E-state index in [1.165, 1.54) is 0 Å². The van der Waals surface area contributed by atoms with Crippen molar-refractivity contribution in [2.75, 3.05) is 6.61 Å². The largest absolute Gasteiger partial charge is 0.455 e. The number of aliphatic hydroxyl groups is 1. The van der Waals surface area contributed by atoms with Crippen LogP contribution in [-0.4, -0.2) is 17.3 Å². The molecule has 0 aliphatic carbocycles. The van der Waals surface area contributed by atoms with Crippen LogP contribution in [0.5, 0.6) is 0 Å². The van der Waals surface area contributed by atoms with E-state index in [9.17, 15) is 5.11 Å². The van der Waals surface area contributed by atoms with Crippen molar-refractivity contribution in [1.29, 1.82) is 0 Å². The summed E-state index contributed by atoms with van der Waals surface area (Å²) in [7, 11) is 0. The van der Waals surface area contributed by atoms with Crippen molar-refractivity contribution in [2.24, 2.45) is 0 Å². The van der Waals surface area contributed by atoms with E-state index in [1.54, 1.807) is 12.1 Å². The van der Waals surface area contributed by atoms with Gasteiger partial charge in [-0.3, -0.25) is 0 Å². The summed E-state index contributed by atoms with van der Waals surface area (Å²) in [5.74, 6) is 1.56. The fourth-order valence-corrected chi connectivity index (χ4v) is 2.26. The molecule has 0 atom stereocenters. The highest BCUT2D eigenvalue weighted by atomic mass is 35.5. The van der Waals surface area contributed by atoms with Crippen LogP contribution in [0.4, 0.5) is 0 Å². The van der Waals surface area contributed by atoms with Gasteiger partial charge in [-0.2, -0.15) is 0 Å².